The summed E-state index contributed by atoms with van der Waals surface area (Å²) in [6, 6.07) is 11.8. The summed E-state index contributed by atoms with van der Waals surface area (Å²) in [6.45, 7) is 2.17. The van der Waals surface area contributed by atoms with Crippen LogP contribution in [0, 0.1) is 5.82 Å². The summed E-state index contributed by atoms with van der Waals surface area (Å²) in [5, 5.41) is 15.2. The average Bonchev–Trinajstić information content (AvgIpc) is 3.23. The molecule has 0 radical (unpaired) electrons. The van der Waals surface area contributed by atoms with Crippen LogP contribution < -0.4 is 14.8 Å². The van der Waals surface area contributed by atoms with Crippen molar-refractivity contribution in [2.75, 3.05) is 14.2 Å². The summed E-state index contributed by atoms with van der Waals surface area (Å²) in [5.74, 6) is 0.576. The minimum Gasteiger partial charge on any atom is -0.493 e. The zero-order valence-corrected chi connectivity index (χ0v) is 17.1. The van der Waals surface area contributed by atoms with Crippen LogP contribution in [0.3, 0.4) is 0 Å². The summed E-state index contributed by atoms with van der Waals surface area (Å²) in [4.78, 5) is 13.7. The van der Waals surface area contributed by atoms with Crippen molar-refractivity contribution in [1.82, 2.24) is 25.5 Å². The van der Waals surface area contributed by atoms with E-state index >= 15 is 0 Å². The summed E-state index contributed by atoms with van der Waals surface area (Å²) in [7, 11) is 2.92. The van der Waals surface area contributed by atoms with Gasteiger partial charge in [0, 0.05) is 23.6 Å². The van der Waals surface area contributed by atoms with Crippen LogP contribution in [0.4, 0.5) is 4.39 Å². The molecule has 1 N–H and O–H groups in total. The molecule has 0 bridgehead atoms. The second-order valence-electron chi connectivity index (χ2n) is 6.70. The Kier molecular flexibility index (Phi) is 6.95. The molecule has 3 rings (SSSR count). The lowest BCUT2D eigenvalue weighted by molar-refractivity contribution is -0.121. The van der Waals surface area contributed by atoms with Gasteiger partial charge in [-0.3, -0.25) is 4.79 Å². The molecule has 2 aromatic carbocycles. The number of halogens is 1. The van der Waals surface area contributed by atoms with Gasteiger partial charge in [-0.25, -0.2) is 4.39 Å². The Morgan fingerprint density at radius 3 is 2.57 bits per heavy atom. The van der Waals surface area contributed by atoms with Crippen LogP contribution >= 0.6 is 0 Å². The maximum absolute atomic E-state index is 14.4. The fourth-order valence-electron chi connectivity index (χ4n) is 3.01. The van der Waals surface area contributed by atoms with Crippen LogP contribution in [-0.4, -0.2) is 40.3 Å². The van der Waals surface area contributed by atoms with Crippen LogP contribution in [0.25, 0.3) is 11.4 Å². The number of carbonyl (C=O) groups excluding carboxylic acids is 1. The van der Waals surface area contributed by atoms with Gasteiger partial charge < -0.3 is 14.8 Å². The molecule has 1 unspecified atom stereocenters. The van der Waals surface area contributed by atoms with Gasteiger partial charge in [-0.1, -0.05) is 30.3 Å². The van der Waals surface area contributed by atoms with Crippen LogP contribution in [0.5, 0.6) is 11.5 Å². The number of hydrogen-bond donors (Lipinski definition) is 1. The van der Waals surface area contributed by atoms with Gasteiger partial charge in [-0.05, 0) is 24.6 Å². The lowest BCUT2D eigenvalue weighted by Gasteiger charge is -2.17. The van der Waals surface area contributed by atoms with Crippen LogP contribution in [-0.2, 0) is 11.3 Å². The smallest absolute Gasteiger partial charge is 0.220 e. The number of aryl methyl sites for hydroxylation is 1. The van der Waals surface area contributed by atoms with E-state index in [4.69, 9.17) is 9.47 Å². The van der Waals surface area contributed by atoms with Gasteiger partial charge in [0.2, 0.25) is 11.7 Å². The Balaban J connectivity index is 1.52. The second-order valence-corrected chi connectivity index (χ2v) is 6.70. The van der Waals surface area contributed by atoms with Crippen LogP contribution in [0.1, 0.15) is 31.4 Å². The third-order valence-corrected chi connectivity index (χ3v) is 4.59. The fraction of sp³-hybridized carbons (Fsp3) is 0.333. The molecule has 0 aliphatic rings. The fourth-order valence-corrected chi connectivity index (χ4v) is 3.01. The molecular weight excluding hydrogens is 389 g/mol. The van der Waals surface area contributed by atoms with Gasteiger partial charge in [0.05, 0.1) is 26.8 Å². The number of nitrogens with zero attached hydrogens (tertiary/aromatic N) is 4. The molecule has 0 aliphatic carbocycles. The maximum atomic E-state index is 14.4. The highest BCUT2D eigenvalue weighted by molar-refractivity contribution is 5.76. The Hall–Kier alpha value is -3.49. The number of aromatic nitrogens is 4. The Labute approximate surface area is 174 Å². The maximum Gasteiger partial charge on any atom is 0.220 e. The monoisotopic (exact) mass is 413 g/mol. The van der Waals surface area contributed by atoms with Crippen molar-refractivity contribution >= 4 is 5.91 Å². The molecule has 3 aromatic rings. The molecule has 1 aromatic heterocycles. The van der Waals surface area contributed by atoms with Crippen molar-refractivity contribution in [3.05, 3.63) is 53.8 Å². The number of benzene rings is 2. The van der Waals surface area contributed by atoms with E-state index < -0.39 is 11.9 Å². The largest absolute Gasteiger partial charge is 0.493 e. The van der Waals surface area contributed by atoms with E-state index in [1.807, 2.05) is 30.3 Å². The van der Waals surface area contributed by atoms with Gasteiger partial charge in [-0.15, -0.1) is 10.2 Å². The SMILES string of the molecule is COc1cc(F)c(C(C)NC(=O)CCCn2nnc(-c3ccccc3)n2)cc1OC. The number of tetrazole rings is 1. The van der Waals surface area contributed by atoms with Gasteiger partial charge in [0.15, 0.2) is 11.5 Å². The van der Waals surface area contributed by atoms with Crippen molar-refractivity contribution in [3.8, 4) is 22.9 Å². The first-order valence-electron chi connectivity index (χ1n) is 9.55. The molecule has 158 valence electrons. The van der Waals surface area contributed by atoms with E-state index in [-0.39, 0.29) is 12.3 Å². The molecule has 0 saturated heterocycles. The normalized spacial score (nSPS) is 11.7. The number of nitrogens with one attached hydrogen (secondary N) is 1. The first-order valence-corrected chi connectivity index (χ1v) is 9.55. The Bertz CT molecular complexity index is 994. The molecule has 1 heterocycles. The summed E-state index contributed by atoms with van der Waals surface area (Å²) in [5.41, 5.74) is 1.21. The highest BCUT2D eigenvalue weighted by Crippen LogP contribution is 2.32. The van der Waals surface area contributed by atoms with Gasteiger partial charge in [-0.2, -0.15) is 4.80 Å². The molecule has 0 saturated carbocycles. The highest BCUT2D eigenvalue weighted by Gasteiger charge is 2.18. The van der Waals surface area contributed by atoms with Crippen molar-refractivity contribution in [2.45, 2.75) is 32.4 Å². The number of rotatable bonds is 9. The van der Waals surface area contributed by atoms with Crippen molar-refractivity contribution in [3.63, 3.8) is 0 Å². The molecule has 9 heteroatoms. The van der Waals surface area contributed by atoms with Gasteiger partial charge >= 0.3 is 0 Å². The summed E-state index contributed by atoms with van der Waals surface area (Å²) < 4.78 is 24.7. The molecule has 8 nitrogen and oxygen atoms in total. The first kappa shape index (κ1) is 21.2. The molecular formula is C21H24FN5O3. The van der Waals surface area contributed by atoms with Gasteiger partial charge in [0.1, 0.15) is 5.82 Å². The van der Waals surface area contributed by atoms with Crippen molar-refractivity contribution in [1.29, 1.82) is 0 Å². The third kappa shape index (κ3) is 5.11. The number of carbonyl (C=O) groups is 1. The van der Waals surface area contributed by atoms with E-state index in [9.17, 15) is 9.18 Å². The predicted molar refractivity (Wildman–Crippen MR) is 109 cm³/mol. The second kappa shape index (κ2) is 9.82. The zero-order chi connectivity index (χ0) is 21.5. The van der Waals surface area contributed by atoms with Gasteiger partial charge in [0.25, 0.3) is 0 Å². The number of hydrogen-bond acceptors (Lipinski definition) is 6. The standard InChI is InChI=1S/C21H24FN5O3/c1-14(16-12-18(29-2)19(30-3)13-17(16)22)23-20(28)10-7-11-27-25-21(24-26-27)15-8-5-4-6-9-15/h4-6,8-9,12-14H,7,10-11H2,1-3H3,(H,23,28). The van der Waals surface area contributed by atoms with Crippen LogP contribution in [0.15, 0.2) is 42.5 Å². The highest BCUT2D eigenvalue weighted by atomic mass is 19.1. The Morgan fingerprint density at radius 1 is 1.17 bits per heavy atom. The molecule has 30 heavy (non-hydrogen) atoms. The quantitative estimate of drug-likeness (QED) is 0.579. The number of amides is 1. The average molecular weight is 413 g/mol. The van der Waals surface area contributed by atoms with E-state index in [0.717, 1.165) is 5.56 Å². The Morgan fingerprint density at radius 2 is 1.87 bits per heavy atom. The minimum absolute atomic E-state index is 0.194. The molecule has 0 spiro atoms. The zero-order valence-electron chi connectivity index (χ0n) is 17.1. The predicted octanol–water partition coefficient (Wildman–Crippen LogP) is 3.15. The topological polar surface area (TPSA) is 91.2 Å². The summed E-state index contributed by atoms with van der Waals surface area (Å²) in [6.07, 6.45) is 0.777. The van der Waals surface area contributed by atoms with Crippen molar-refractivity contribution in [2.24, 2.45) is 0 Å². The summed E-state index contributed by atoms with van der Waals surface area (Å²) >= 11 is 0. The number of ether oxygens (including phenoxy) is 2. The van der Waals surface area contributed by atoms with E-state index in [0.29, 0.717) is 35.9 Å². The lowest BCUT2D eigenvalue weighted by Crippen LogP contribution is -2.27. The van der Waals surface area contributed by atoms with E-state index in [1.165, 1.54) is 31.1 Å². The number of methoxy groups -OCH3 is 2. The third-order valence-electron chi connectivity index (χ3n) is 4.59. The van der Waals surface area contributed by atoms with Crippen LogP contribution in [0.2, 0.25) is 0 Å². The molecule has 0 aliphatic heterocycles. The van der Waals surface area contributed by atoms with E-state index in [2.05, 4.69) is 20.7 Å². The lowest BCUT2D eigenvalue weighted by atomic mass is 10.1. The minimum atomic E-state index is -0.522. The van der Waals surface area contributed by atoms with Crippen molar-refractivity contribution < 1.29 is 18.7 Å². The molecule has 1 amide bonds. The van der Waals surface area contributed by atoms with E-state index in [1.54, 1.807) is 6.92 Å². The first-order chi connectivity index (χ1) is 14.5. The molecule has 1 atom stereocenters. The molecule has 0 fully saturated rings.